The van der Waals surface area contributed by atoms with Gasteiger partial charge in [0.1, 0.15) is 23.2 Å². The van der Waals surface area contributed by atoms with Crippen molar-refractivity contribution in [2.75, 3.05) is 24.3 Å². The molecule has 0 bridgehead atoms. The molecule has 2 aromatic rings. The molecule has 0 unspecified atom stereocenters. The first-order valence-electron chi connectivity index (χ1n) is 7.28. The standard InChI is InChI=1S/C16H22N4O/c1-4-10-17-15-11-16(20-14(5-2)19-15)18-12-8-6-7-9-13(12)21-3/h6-9,11H,4-5,10H2,1-3H3,(H2,17,18,19,20). The van der Waals surface area contributed by atoms with Crippen molar-refractivity contribution in [2.24, 2.45) is 0 Å². The van der Waals surface area contributed by atoms with Gasteiger partial charge < -0.3 is 15.4 Å². The SMILES string of the molecule is CCCNc1cc(Nc2ccccc2OC)nc(CC)n1. The van der Waals surface area contributed by atoms with Crippen LogP contribution in [0.15, 0.2) is 30.3 Å². The highest BCUT2D eigenvalue weighted by Gasteiger charge is 2.06. The zero-order valence-electron chi connectivity index (χ0n) is 12.8. The average molecular weight is 286 g/mol. The van der Waals surface area contributed by atoms with Gasteiger partial charge in [-0.05, 0) is 18.6 Å². The van der Waals surface area contributed by atoms with Crippen molar-refractivity contribution in [1.82, 2.24) is 9.97 Å². The van der Waals surface area contributed by atoms with Gasteiger partial charge in [0.05, 0.1) is 12.8 Å². The number of nitrogens with zero attached hydrogens (tertiary/aromatic N) is 2. The number of nitrogens with one attached hydrogen (secondary N) is 2. The van der Waals surface area contributed by atoms with E-state index in [1.165, 1.54) is 0 Å². The summed E-state index contributed by atoms with van der Waals surface area (Å²) in [6.07, 6.45) is 1.85. The van der Waals surface area contributed by atoms with Crippen LogP contribution in [0.5, 0.6) is 5.75 Å². The minimum Gasteiger partial charge on any atom is -0.495 e. The number of hydrogen-bond donors (Lipinski definition) is 2. The largest absolute Gasteiger partial charge is 0.495 e. The molecule has 2 N–H and O–H groups in total. The second-order valence-electron chi connectivity index (χ2n) is 4.66. The Morgan fingerprint density at radius 3 is 2.57 bits per heavy atom. The number of ether oxygens (including phenoxy) is 1. The summed E-state index contributed by atoms with van der Waals surface area (Å²) in [5.41, 5.74) is 0.891. The molecule has 0 fully saturated rings. The topological polar surface area (TPSA) is 59.1 Å². The number of anilines is 3. The summed E-state index contributed by atoms with van der Waals surface area (Å²) in [6, 6.07) is 9.70. The predicted molar refractivity (Wildman–Crippen MR) is 86.5 cm³/mol. The second-order valence-corrected chi connectivity index (χ2v) is 4.66. The van der Waals surface area contributed by atoms with Crippen molar-refractivity contribution in [3.05, 3.63) is 36.2 Å². The molecule has 5 nitrogen and oxygen atoms in total. The lowest BCUT2D eigenvalue weighted by Crippen LogP contribution is -2.07. The van der Waals surface area contributed by atoms with Crippen LogP contribution in [-0.2, 0) is 6.42 Å². The minimum absolute atomic E-state index is 0.768. The van der Waals surface area contributed by atoms with Crippen LogP contribution in [0.1, 0.15) is 26.1 Å². The van der Waals surface area contributed by atoms with Crippen molar-refractivity contribution < 1.29 is 4.74 Å². The lowest BCUT2D eigenvalue weighted by atomic mass is 10.3. The monoisotopic (exact) mass is 286 g/mol. The van der Waals surface area contributed by atoms with Crippen LogP contribution in [0, 0.1) is 0 Å². The Bertz CT molecular complexity index is 586. The summed E-state index contributed by atoms with van der Waals surface area (Å²) >= 11 is 0. The van der Waals surface area contributed by atoms with E-state index in [0.29, 0.717) is 0 Å². The summed E-state index contributed by atoms with van der Waals surface area (Å²) in [5.74, 6) is 3.22. The average Bonchev–Trinajstić information content (AvgIpc) is 2.53. The van der Waals surface area contributed by atoms with Crippen molar-refractivity contribution in [1.29, 1.82) is 0 Å². The predicted octanol–water partition coefficient (Wildman–Crippen LogP) is 3.61. The van der Waals surface area contributed by atoms with Crippen LogP contribution < -0.4 is 15.4 Å². The fourth-order valence-corrected chi connectivity index (χ4v) is 1.95. The van der Waals surface area contributed by atoms with E-state index in [4.69, 9.17) is 4.74 Å². The van der Waals surface area contributed by atoms with Crippen LogP contribution in [0.2, 0.25) is 0 Å². The number of aryl methyl sites for hydroxylation is 1. The van der Waals surface area contributed by atoms with Gasteiger partial charge in [-0.25, -0.2) is 9.97 Å². The Kier molecular flexibility index (Phi) is 5.37. The summed E-state index contributed by atoms with van der Waals surface area (Å²) in [5, 5.41) is 6.60. The van der Waals surface area contributed by atoms with Gasteiger partial charge in [-0.15, -0.1) is 0 Å². The zero-order chi connectivity index (χ0) is 15.1. The quantitative estimate of drug-likeness (QED) is 0.814. The molecule has 2 rings (SSSR count). The highest BCUT2D eigenvalue weighted by atomic mass is 16.5. The fraction of sp³-hybridized carbons (Fsp3) is 0.375. The van der Waals surface area contributed by atoms with Gasteiger partial charge in [-0.3, -0.25) is 0 Å². The maximum absolute atomic E-state index is 5.35. The molecule has 0 aliphatic heterocycles. The maximum atomic E-state index is 5.35. The van der Waals surface area contributed by atoms with Crippen LogP contribution in [0.4, 0.5) is 17.3 Å². The first-order valence-corrected chi connectivity index (χ1v) is 7.28. The smallest absolute Gasteiger partial charge is 0.142 e. The number of benzene rings is 1. The zero-order valence-corrected chi connectivity index (χ0v) is 12.8. The molecule has 0 saturated heterocycles. The molecule has 0 saturated carbocycles. The molecule has 0 aliphatic carbocycles. The first kappa shape index (κ1) is 15.1. The number of rotatable bonds is 7. The van der Waals surface area contributed by atoms with Gasteiger partial charge in [0.25, 0.3) is 0 Å². The highest BCUT2D eigenvalue weighted by Crippen LogP contribution is 2.26. The van der Waals surface area contributed by atoms with E-state index >= 15 is 0 Å². The third-order valence-electron chi connectivity index (χ3n) is 3.01. The number of methoxy groups -OCH3 is 1. The van der Waals surface area contributed by atoms with Gasteiger partial charge in [0.2, 0.25) is 0 Å². The van der Waals surface area contributed by atoms with Crippen molar-refractivity contribution in [2.45, 2.75) is 26.7 Å². The van der Waals surface area contributed by atoms with Gasteiger partial charge in [0.15, 0.2) is 0 Å². The van der Waals surface area contributed by atoms with E-state index in [2.05, 4.69) is 27.5 Å². The van der Waals surface area contributed by atoms with E-state index in [0.717, 1.165) is 48.3 Å². The normalized spacial score (nSPS) is 10.2. The minimum atomic E-state index is 0.768. The maximum Gasteiger partial charge on any atom is 0.142 e. The van der Waals surface area contributed by atoms with E-state index in [9.17, 15) is 0 Å². The van der Waals surface area contributed by atoms with Crippen LogP contribution >= 0.6 is 0 Å². The van der Waals surface area contributed by atoms with Crippen molar-refractivity contribution in [3.63, 3.8) is 0 Å². The van der Waals surface area contributed by atoms with Crippen molar-refractivity contribution in [3.8, 4) is 5.75 Å². The number of aromatic nitrogens is 2. The summed E-state index contributed by atoms with van der Waals surface area (Å²) in [6.45, 7) is 5.07. The second kappa shape index (κ2) is 7.47. The third kappa shape index (κ3) is 4.08. The third-order valence-corrected chi connectivity index (χ3v) is 3.01. The molecule has 1 aromatic carbocycles. The van der Waals surface area contributed by atoms with E-state index < -0.39 is 0 Å². The highest BCUT2D eigenvalue weighted by molar-refractivity contribution is 5.65. The van der Waals surface area contributed by atoms with Crippen LogP contribution in [-0.4, -0.2) is 23.6 Å². The molecule has 21 heavy (non-hydrogen) atoms. The van der Waals surface area contributed by atoms with Crippen LogP contribution in [0.3, 0.4) is 0 Å². The molecule has 5 heteroatoms. The Hall–Kier alpha value is -2.30. The van der Waals surface area contributed by atoms with E-state index in [1.54, 1.807) is 7.11 Å². The molecule has 0 atom stereocenters. The Morgan fingerprint density at radius 1 is 1.10 bits per heavy atom. The Labute approximate surface area is 125 Å². The van der Waals surface area contributed by atoms with Crippen molar-refractivity contribution >= 4 is 17.3 Å². The lowest BCUT2D eigenvalue weighted by molar-refractivity contribution is 0.417. The summed E-state index contributed by atoms with van der Waals surface area (Å²) < 4.78 is 5.35. The fourth-order valence-electron chi connectivity index (χ4n) is 1.95. The van der Waals surface area contributed by atoms with Gasteiger partial charge in [-0.1, -0.05) is 26.0 Å². The number of para-hydroxylation sites is 2. The molecule has 0 spiro atoms. The van der Waals surface area contributed by atoms with Gasteiger partial charge in [-0.2, -0.15) is 0 Å². The molecule has 0 aliphatic rings. The Balaban J connectivity index is 2.25. The van der Waals surface area contributed by atoms with E-state index in [-0.39, 0.29) is 0 Å². The molecular formula is C16H22N4O. The first-order chi connectivity index (χ1) is 10.3. The lowest BCUT2D eigenvalue weighted by Gasteiger charge is -2.12. The molecule has 0 amide bonds. The molecule has 0 radical (unpaired) electrons. The van der Waals surface area contributed by atoms with Crippen LogP contribution in [0.25, 0.3) is 0 Å². The molecule has 1 aromatic heterocycles. The molecule has 1 heterocycles. The van der Waals surface area contributed by atoms with E-state index in [1.807, 2.05) is 37.3 Å². The van der Waals surface area contributed by atoms with Gasteiger partial charge in [0, 0.05) is 19.0 Å². The summed E-state index contributed by atoms with van der Waals surface area (Å²) in [4.78, 5) is 8.99. The van der Waals surface area contributed by atoms with Gasteiger partial charge >= 0.3 is 0 Å². The molecular weight excluding hydrogens is 264 g/mol. The Morgan fingerprint density at radius 2 is 1.86 bits per heavy atom. The summed E-state index contributed by atoms with van der Waals surface area (Å²) in [7, 11) is 1.66. The molecule has 112 valence electrons. The number of hydrogen-bond acceptors (Lipinski definition) is 5.